The van der Waals surface area contributed by atoms with Crippen molar-refractivity contribution in [2.45, 2.75) is 53.1 Å². The van der Waals surface area contributed by atoms with E-state index < -0.39 is 0 Å². The Morgan fingerprint density at radius 2 is 2.06 bits per heavy atom. The highest BCUT2D eigenvalue weighted by Gasteiger charge is 2.31. The quantitative estimate of drug-likeness (QED) is 0.720. The number of nitrogens with zero attached hydrogens (tertiary/aromatic N) is 1. The van der Waals surface area contributed by atoms with Crippen molar-refractivity contribution in [3.8, 4) is 11.8 Å². The van der Waals surface area contributed by atoms with E-state index >= 15 is 0 Å². The highest BCUT2D eigenvalue weighted by Crippen LogP contribution is 2.23. The third-order valence-electron chi connectivity index (χ3n) is 3.45. The van der Waals surface area contributed by atoms with Crippen molar-refractivity contribution >= 4 is 0 Å². The average Bonchev–Trinajstić information content (AvgIpc) is 2.19. The van der Waals surface area contributed by atoms with Crippen LogP contribution in [0.3, 0.4) is 0 Å². The maximum Gasteiger partial charge on any atom is 0.0244 e. The van der Waals surface area contributed by atoms with Gasteiger partial charge in [-0.15, -0.1) is 11.8 Å². The smallest absolute Gasteiger partial charge is 0.0244 e. The topological polar surface area (TPSA) is 15.3 Å². The van der Waals surface area contributed by atoms with E-state index in [0.717, 1.165) is 26.1 Å². The van der Waals surface area contributed by atoms with Crippen LogP contribution >= 0.6 is 0 Å². The number of piperazine rings is 1. The fraction of sp³-hybridized carbons (Fsp3) is 0.857. The molecule has 0 aromatic rings. The summed E-state index contributed by atoms with van der Waals surface area (Å²) in [6.07, 6.45) is 0.998. The Morgan fingerprint density at radius 1 is 1.38 bits per heavy atom. The van der Waals surface area contributed by atoms with Crippen molar-refractivity contribution in [3.05, 3.63) is 0 Å². The summed E-state index contributed by atoms with van der Waals surface area (Å²) in [5.41, 5.74) is 0.342. The van der Waals surface area contributed by atoms with Crippen LogP contribution in [-0.4, -0.2) is 36.6 Å². The molecule has 16 heavy (non-hydrogen) atoms. The molecule has 0 bridgehead atoms. The lowest BCUT2D eigenvalue weighted by Gasteiger charge is -2.43. The zero-order valence-corrected chi connectivity index (χ0v) is 11.4. The molecule has 0 amide bonds. The van der Waals surface area contributed by atoms with Crippen molar-refractivity contribution in [1.82, 2.24) is 10.2 Å². The molecule has 0 aliphatic carbocycles. The van der Waals surface area contributed by atoms with E-state index in [1.54, 1.807) is 0 Å². The Hall–Kier alpha value is -0.520. The van der Waals surface area contributed by atoms with Gasteiger partial charge in [0.1, 0.15) is 0 Å². The predicted molar refractivity (Wildman–Crippen MR) is 70.3 cm³/mol. The molecule has 0 radical (unpaired) electrons. The van der Waals surface area contributed by atoms with Crippen LogP contribution in [0.2, 0.25) is 0 Å². The van der Waals surface area contributed by atoms with Gasteiger partial charge in [0, 0.05) is 38.1 Å². The van der Waals surface area contributed by atoms with E-state index in [4.69, 9.17) is 0 Å². The predicted octanol–water partition coefficient (Wildman–Crippen LogP) is 2.11. The summed E-state index contributed by atoms with van der Waals surface area (Å²) in [5, 5.41) is 3.65. The largest absolute Gasteiger partial charge is 0.311 e. The highest BCUT2D eigenvalue weighted by atomic mass is 15.2. The third kappa shape index (κ3) is 3.81. The van der Waals surface area contributed by atoms with E-state index in [0.29, 0.717) is 17.5 Å². The van der Waals surface area contributed by atoms with Gasteiger partial charge >= 0.3 is 0 Å². The summed E-state index contributed by atoms with van der Waals surface area (Å²) in [6, 6.07) is 1.23. The van der Waals surface area contributed by atoms with E-state index in [1.807, 2.05) is 6.92 Å². The monoisotopic (exact) mass is 222 g/mol. The van der Waals surface area contributed by atoms with Gasteiger partial charge in [0.05, 0.1) is 0 Å². The maximum atomic E-state index is 3.65. The minimum atomic E-state index is 0.342. The average molecular weight is 222 g/mol. The van der Waals surface area contributed by atoms with Crippen molar-refractivity contribution < 1.29 is 0 Å². The molecule has 0 saturated carbocycles. The first kappa shape index (κ1) is 13.5. The van der Waals surface area contributed by atoms with Crippen molar-refractivity contribution in [2.24, 2.45) is 5.41 Å². The van der Waals surface area contributed by atoms with Crippen LogP contribution in [0, 0.1) is 17.3 Å². The van der Waals surface area contributed by atoms with Crippen LogP contribution in [0.4, 0.5) is 0 Å². The lowest BCUT2D eigenvalue weighted by Crippen LogP contribution is -2.59. The molecule has 0 aromatic carbocycles. The molecule has 0 aromatic heterocycles. The molecule has 2 nitrogen and oxygen atoms in total. The number of hydrogen-bond donors (Lipinski definition) is 1. The van der Waals surface area contributed by atoms with Gasteiger partial charge in [0.15, 0.2) is 0 Å². The van der Waals surface area contributed by atoms with E-state index in [2.05, 4.69) is 49.8 Å². The van der Waals surface area contributed by atoms with Gasteiger partial charge in [-0.05, 0) is 19.3 Å². The molecule has 0 spiro atoms. The Morgan fingerprint density at radius 3 is 2.62 bits per heavy atom. The first-order valence-corrected chi connectivity index (χ1v) is 6.32. The summed E-state index contributed by atoms with van der Waals surface area (Å²) in [5.74, 6) is 6.13. The summed E-state index contributed by atoms with van der Waals surface area (Å²) in [4.78, 5) is 2.57. The molecule has 1 N–H and O–H groups in total. The van der Waals surface area contributed by atoms with Crippen LogP contribution in [-0.2, 0) is 0 Å². The van der Waals surface area contributed by atoms with Crippen molar-refractivity contribution in [1.29, 1.82) is 0 Å². The molecule has 92 valence electrons. The maximum absolute atomic E-state index is 3.65. The fourth-order valence-corrected chi connectivity index (χ4v) is 2.14. The van der Waals surface area contributed by atoms with Crippen LogP contribution in [0.15, 0.2) is 0 Å². The zero-order chi connectivity index (χ0) is 12.2. The molecular weight excluding hydrogens is 196 g/mol. The summed E-state index contributed by atoms with van der Waals surface area (Å²) in [7, 11) is 0. The van der Waals surface area contributed by atoms with Gasteiger partial charge in [-0.3, -0.25) is 4.90 Å². The van der Waals surface area contributed by atoms with Crippen LogP contribution in [0.1, 0.15) is 41.0 Å². The summed E-state index contributed by atoms with van der Waals surface area (Å²) in [6.45, 7) is 14.5. The van der Waals surface area contributed by atoms with Gasteiger partial charge < -0.3 is 5.32 Å². The molecule has 1 aliphatic heterocycles. The van der Waals surface area contributed by atoms with E-state index in [9.17, 15) is 0 Å². The molecule has 1 fully saturated rings. The van der Waals surface area contributed by atoms with Gasteiger partial charge in [0.2, 0.25) is 0 Å². The Balaban J connectivity index is 2.50. The highest BCUT2D eigenvalue weighted by molar-refractivity contribution is 4.97. The Kier molecular flexibility index (Phi) is 4.83. The standard InChI is InChI=1S/C14H26N2/c1-6-7-8-9-16-11-13(14(3,4)5)15-10-12(16)2/h12-13,15H,8-11H2,1-5H3. The Bertz CT molecular complexity index is 267. The number of nitrogens with one attached hydrogen (secondary N) is 1. The second-order valence-electron chi connectivity index (χ2n) is 5.85. The molecule has 1 aliphatic rings. The van der Waals surface area contributed by atoms with Gasteiger partial charge in [-0.1, -0.05) is 20.8 Å². The molecule has 1 rings (SSSR count). The fourth-order valence-electron chi connectivity index (χ4n) is 2.14. The third-order valence-corrected chi connectivity index (χ3v) is 3.45. The number of hydrogen-bond acceptors (Lipinski definition) is 2. The minimum absolute atomic E-state index is 0.342. The van der Waals surface area contributed by atoms with E-state index in [-0.39, 0.29) is 0 Å². The Labute approximate surface area is 101 Å². The lowest BCUT2D eigenvalue weighted by molar-refractivity contribution is 0.0958. The van der Waals surface area contributed by atoms with Crippen LogP contribution < -0.4 is 5.32 Å². The van der Waals surface area contributed by atoms with Crippen molar-refractivity contribution in [3.63, 3.8) is 0 Å². The van der Waals surface area contributed by atoms with Gasteiger partial charge in [-0.25, -0.2) is 0 Å². The van der Waals surface area contributed by atoms with Crippen molar-refractivity contribution in [2.75, 3.05) is 19.6 Å². The molecule has 2 atom stereocenters. The lowest BCUT2D eigenvalue weighted by atomic mass is 9.85. The molecule has 1 saturated heterocycles. The molecular formula is C14H26N2. The summed E-state index contributed by atoms with van der Waals surface area (Å²) < 4.78 is 0. The SMILES string of the molecule is CC#CCCN1CC(C(C)(C)C)NCC1C. The molecule has 1 heterocycles. The number of rotatable bonds is 2. The second kappa shape index (κ2) is 5.70. The normalized spacial score (nSPS) is 27.3. The first-order valence-electron chi connectivity index (χ1n) is 6.32. The zero-order valence-electron chi connectivity index (χ0n) is 11.4. The molecule has 2 unspecified atom stereocenters. The van der Waals surface area contributed by atoms with Gasteiger partial charge in [0.25, 0.3) is 0 Å². The van der Waals surface area contributed by atoms with Gasteiger partial charge in [-0.2, -0.15) is 0 Å². The van der Waals surface area contributed by atoms with Crippen LogP contribution in [0.5, 0.6) is 0 Å². The minimum Gasteiger partial charge on any atom is -0.311 e. The second-order valence-corrected chi connectivity index (χ2v) is 5.85. The molecule has 2 heteroatoms. The van der Waals surface area contributed by atoms with Crippen LogP contribution in [0.25, 0.3) is 0 Å². The first-order chi connectivity index (χ1) is 7.45. The summed E-state index contributed by atoms with van der Waals surface area (Å²) >= 11 is 0. The van der Waals surface area contributed by atoms with E-state index in [1.165, 1.54) is 0 Å².